The number of phenolic OH excluding ortho intramolecular Hbond substituents is 1. The van der Waals surface area contributed by atoms with Crippen LogP contribution in [0.1, 0.15) is 21.5 Å². The van der Waals surface area contributed by atoms with Crippen molar-refractivity contribution in [1.82, 2.24) is 0 Å². The van der Waals surface area contributed by atoms with Gasteiger partial charge in [-0.05, 0) is 42.7 Å². The van der Waals surface area contributed by atoms with Crippen LogP contribution in [0.2, 0.25) is 0 Å². The molecule has 0 bridgehead atoms. The summed E-state index contributed by atoms with van der Waals surface area (Å²) in [5.74, 6) is -0.363. The molecule has 2 aromatic rings. The molecule has 0 aliphatic heterocycles. The van der Waals surface area contributed by atoms with Gasteiger partial charge in [-0.3, -0.25) is 0 Å². The number of hydrogen-bond acceptors (Lipinski definition) is 4. The van der Waals surface area contributed by atoms with E-state index in [1.807, 2.05) is 25.1 Å². The first-order valence-corrected chi connectivity index (χ1v) is 6.69. The number of carbonyl (C=O) groups excluding carboxylic acids is 1. The van der Waals surface area contributed by atoms with Crippen LogP contribution >= 0.6 is 0 Å². The average molecular weight is 286 g/mol. The molecule has 2 rings (SSSR count). The van der Waals surface area contributed by atoms with Crippen LogP contribution in [-0.2, 0) is 11.2 Å². The maximum atomic E-state index is 11.6. The van der Waals surface area contributed by atoms with Crippen molar-refractivity contribution >= 4 is 5.97 Å². The van der Waals surface area contributed by atoms with Crippen molar-refractivity contribution in [2.75, 3.05) is 13.7 Å². The zero-order chi connectivity index (χ0) is 15.4. The highest BCUT2D eigenvalue weighted by Gasteiger charge is 2.13. The fourth-order valence-electron chi connectivity index (χ4n) is 2.31. The van der Waals surface area contributed by atoms with Gasteiger partial charge < -0.3 is 14.9 Å². The number of aromatic hydroxyl groups is 1. The minimum absolute atomic E-state index is 0.0217. The molecule has 0 saturated heterocycles. The Labute approximate surface area is 123 Å². The monoisotopic (exact) mass is 286 g/mol. The van der Waals surface area contributed by atoms with Crippen LogP contribution in [-0.4, -0.2) is 29.9 Å². The van der Waals surface area contributed by atoms with Crippen molar-refractivity contribution in [2.24, 2.45) is 0 Å². The number of benzene rings is 2. The van der Waals surface area contributed by atoms with Gasteiger partial charge in [0.25, 0.3) is 0 Å². The summed E-state index contributed by atoms with van der Waals surface area (Å²) in [6, 6.07) is 10.4. The van der Waals surface area contributed by atoms with E-state index in [9.17, 15) is 15.0 Å². The third kappa shape index (κ3) is 3.23. The van der Waals surface area contributed by atoms with Crippen LogP contribution < -0.4 is 0 Å². The van der Waals surface area contributed by atoms with Crippen LogP contribution in [0.15, 0.2) is 36.4 Å². The summed E-state index contributed by atoms with van der Waals surface area (Å²) in [4.78, 5) is 11.6. The summed E-state index contributed by atoms with van der Waals surface area (Å²) < 4.78 is 4.70. The number of ether oxygens (including phenoxy) is 1. The molecule has 4 heteroatoms. The second-order valence-electron chi connectivity index (χ2n) is 4.86. The number of hydrogen-bond donors (Lipinski definition) is 2. The first-order chi connectivity index (χ1) is 10.1. The van der Waals surface area contributed by atoms with Gasteiger partial charge in [-0.15, -0.1) is 0 Å². The standard InChI is InChI=1S/C17H18O4/c1-11-3-5-14(12(9-11)7-8-18)15-10-13(17(20)21-2)4-6-16(15)19/h3-6,9-10,18-19H,7-8H2,1-2H3. The van der Waals surface area contributed by atoms with E-state index < -0.39 is 5.97 Å². The number of phenols is 1. The molecular weight excluding hydrogens is 268 g/mol. The highest BCUT2D eigenvalue weighted by Crippen LogP contribution is 2.33. The van der Waals surface area contributed by atoms with Gasteiger partial charge in [-0.2, -0.15) is 0 Å². The van der Waals surface area contributed by atoms with E-state index in [0.717, 1.165) is 16.7 Å². The number of aliphatic hydroxyl groups is 1. The van der Waals surface area contributed by atoms with Crippen LogP contribution in [0, 0.1) is 6.92 Å². The minimum Gasteiger partial charge on any atom is -0.507 e. The Bertz CT molecular complexity index is 662. The van der Waals surface area contributed by atoms with Crippen molar-refractivity contribution in [2.45, 2.75) is 13.3 Å². The highest BCUT2D eigenvalue weighted by atomic mass is 16.5. The molecule has 0 fully saturated rings. The van der Waals surface area contributed by atoms with Crippen molar-refractivity contribution in [3.05, 3.63) is 53.1 Å². The average Bonchev–Trinajstić information content (AvgIpc) is 2.48. The third-order valence-corrected chi connectivity index (χ3v) is 3.35. The molecule has 0 unspecified atom stereocenters. The van der Waals surface area contributed by atoms with Crippen LogP contribution in [0.4, 0.5) is 0 Å². The van der Waals surface area contributed by atoms with Crippen LogP contribution in [0.25, 0.3) is 11.1 Å². The molecule has 110 valence electrons. The van der Waals surface area contributed by atoms with E-state index in [-0.39, 0.29) is 12.4 Å². The Morgan fingerprint density at radius 3 is 2.57 bits per heavy atom. The SMILES string of the molecule is COC(=O)c1ccc(O)c(-c2ccc(C)cc2CCO)c1. The lowest BCUT2D eigenvalue weighted by Crippen LogP contribution is -2.02. The molecule has 4 nitrogen and oxygen atoms in total. The first-order valence-electron chi connectivity index (χ1n) is 6.69. The van der Waals surface area contributed by atoms with Crippen molar-refractivity contribution in [1.29, 1.82) is 0 Å². The van der Waals surface area contributed by atoms with Gasteiger partial charge in [0.1, 0.15) is 5.75 Å². The van der Waals surface area contributed by atoms with E-state index >= 15 is 0 Å². The van der Waals surface area contributed by atoms with E-state index in [2.05, 4.69) is 0 Å². The Morgan fingerprint density at radius 2 is 1.90 bits per heavy atom. The van der Waals surface area contributed by atoms with E-state index in [4.69, 9.17) is 4.74 Å². The number of esters is 1. The topological polar surface area (TPSA) is 66.8 Å². The normalized spacial score (nSPS) is 10.4. The largest absolute Gasteiger partial charge is 0.507 e. The molecule has 0 aliphatic carbocycles. The van der Waals surface area contributed by atoms with Crippen molar-refractivity contribution < 1.29 is 19.7 Å². The predicted octanol–water partition coefficient (Wildman–Crippen LogP) is 2.69. The predicted molar refractivity (Wildman–Crippen MR) is 80.4 cm³/mol. The number of methoxy groups -OCH3 is 1. The van der Waals surface area contributed by atoms with Gasteiger partial charge >= 0.3 is 5.97 Å². The molecule has 2 N–H and O–H groups in total. The molecule has 0 spiro atoms. The minimum atomic E-state index is -0.452. The number of rotatable bonds is 4. The molecule has 0 saturated carbocycles. The van der Waals surface area contributed by atoms with Crippen LogP contribution in [0.3, 0.4) is 0 Å². The van der Waals surface area contributed by atoms with Crippen LogP contribution in [0.5, 0.6) is 5.75 Å². The smallest absolute Gasteiger partial charge is 0.337 e. The van der Waals surface area contributed by atoms with E-state index in [0.29, 0.717) is 17.5 Å². The highest BCUT2D eigenvalue weighted by molar-refractivity contribution is 5.92. The Kier molecular flexibility index (Phi) is 4.60. The summed E-state index contributed by atoms with van der Waals surface area (Å²) in [7, 11) is 1.32. The third-order valence-electron chi connectivity index (χ3n) is 3.35. The fraction of sp³-hybridized carbons (Fsp3) is 0.235. The molecule has 0 heterocycles. The van der Waals surface area contributed by atoms with Gasteiger partial charge in [0.15, 0.2) is 0 Å². The van der Waals surface area contributed by atoms with Crippen molar-refractivity contribution in [3.8, 4) is 16.9 Å². The van der Waals surface area contributed by atoms with Gasteiger partial charge in [0.2, 0.25) is 0 Å². The molecule has 0 amide bonds. The molecule has 2 aromatic carbocycles. The quantitative estimate of drug-likeness (QED) is 0.848. The lowest BCUT2D eigenvalue weighted by Gasteiger charge is -2.12. The second-order valence-corrected chi connectivity index (χ2v) is 4.86. The number of aliphatic hydroxyl groups excluding tert-OH is 1. The first kappa shape index (κ1) is 15.1. The van der Waals surface area contributed by atoms with Crippen molar-refractivity contribution in [3.63, 3.8) is 0 Å². The fourth-order valence-corrected chi connectivity index (χ4v) is 2.31. The molecule has 21 heavy (non-hydrogen) atoms. The van der Waals surface area contributed by atoms with Gasteiger partial charge in [0, 0.05) is 12.2 Å². The van der Waals surface area contributed by atoms with E-state index in [1.165, 1.54) is 19.2 Å². The molecule has 0 aliphatic rings. The summed E-state index contributed by atoms with van der Waals surface area (Å²) in [5.41, 5.74) is 3.74. The Hall–Kier alpha value is -2.33. The summed E-state index contributed by atoms with van der Waals surface area (Å²) in [6.07, 6.45) is 0.485. The molecular formula is C17H18O4. The number of aryl methyl sites for hydroxylation is 1. The Morgan fingerprint density at radius 1 is 1.14 bits per heavy atom. The lowest BCUT2D eigenvalue weighted by molar-refractivity contribution is 0.0601. The number of carbonyl (C=O) groups is 1. The molecule has 0 radical (unpaired) electrons. The van der Waals surface area contributed by atoms with Gasteiger partial charge in [-0.1, -0.05) is 23.8 Å². The summed E-state index contributed by atoms with van der Waals surface area (Å²) in [6.45, 7) is 1.99. The van der Waals surface area contributed by atoms with Gasteiger partial charge in [0.05, 0.1) is 12.7 Å². The molecule has 0 atom stereocenters. The van der Waals surface area contributed by atoms with Gasteiger partial charge in [-0.25, -0.2) is 4.79 Å². The maximum Gasteiger partial charge on any atom is 0.337 e. The summed E-state index contributed by atoms with van der Waals surface area (Å²) >= 11 is 0. The second kappa shape index (κ2) is 6.41. The lowest BCUT2D eigenvalue weighted by atomic mass is 9.94. The zero-order valence-electron chi connectivity index (χ0n) is 12.1. The molecule has 0 aromatic heterocycles. The summed E-state index contributed by atoms with van der Waals surface area (Å²) in [5, 5.41) is 19.3. The zero-order valence-corrected chi connectivity index (χ0v) is 12.1. The van der Waals surface area contributed by atoms with E-state index in [1.54, 1.807) is 6.07 Å². The maximum absolute atomic E-state index is 11.6. The Balaban J connectivity index is 2.58.